The van der Waals surface area contributed by atoms with Crippen molar-refractivity contribution in [3.63, 3.8) is 0 Å². The fraction of sp³-hybridized carbons (Fsp3) is 0.519. The summed E-state index contributed by atoms with van der Waals surface area (Å²) in [5, 5.41) is 3.18. The van der Waals surface area contributed by atoms with Gasteiger partial charge in [0.25, 0.3) is 0 Å². The van der Waals surface area contributed by atoms with E-state index < -0.39 is 0 Å². The number of amides is 1. The highest BCUT2D eigenvalue weighted by molar-refractivity contribution is 5.70. The molecule has 3 heterocycles. The lowest BCUT2D eigenvalue weighted by atomic mass is 9.85. The van der Waals surface area contributed by atoms with Crippen LogP contribution in [0.4, 0.5) is 9.18 Å². The predicted octanol–water partition coefficient (Wildman–Crippen LogP) is 5.50. The first kappa shape index (κ1) is 21.4. The van der Waals surface area contributed by atoms with Crippen molar-refractivity contribution in [3.8, 4) is 11.1 Å². The first-order valence-electron chi connectivity index (χ1n) is 11.9. The van der Waals surface area contributed by atoms with E-state index in [9.17, 15) is 9.18 Å². The standard InChI is InChI=1S/C27H33FN2O2/c1-4-17-5-6-20(14-23(17)28)19-7-8-22-21(13-19)15-27(2,3)25(22)29-26(31)32-24-16-30-11-9-18(24)10-12-30/h5-8,13-14,18,24-25H,4,9-12,15-16H2,1-3H3,(H,29,31)/t24-,25-/m0/s1. The molecule has 4 aliphatic rings. The Hall–Kier alpha value is -2.40. The number of carbonyl (C=O) groups is 1. The van der Waals surface area contributed by atoms with Crippen LogP contribution in [0, 0.1) is 17.2 Å². The normalized spacial score (nSPS) is 27.8. The minimum Gasteiger partial charge on any atom is -0.445 e. The Bertz CT molecular complexity index is 1030. The molecule has 0 spiro atoms. The second kappa shape index (κ2) is 8.18. The summed E-state index contributed by atoms with van der Waals surface area (Å²) < 4.78 is 20.2. The number of rotatable bonds is 4. The van der Waals surface area contributed by atoms with Crippen molar-refractivity contribution >= 4 is 6.09 Å². The highest BCUT2D eigenvalue weighted by Crippen LogP contribution is 2.46. The Balaban J connectivity index is 1.33. The van der Waals surface area contributed by atoms with Gasteiger partial charge in [0.1, 0.15) is 11.9 Å². The van der Waals surface area contributed by atoms with Gasteiger partial charge in [0.05, 0.1) is 6.04 Å². The Morgan fingerprint density at radius 2 is 1.88 bits per heavy atom. The lowest BCUT2D eigenvalue weighted by Gasteiger charge is -2.44. The number of nitrogens with one attached hydrogen (secondary N) is 1. The quantitative estimate of drug-likeness (QED) is 0.688. The number of hydrogen-bond donors (Lipinski definition) is 1. The molecular weight excluding hydrogens is 403 g/mol. The lowest BCUT2D eigenvalue weighted by molar-refractivity contribution is -0.0348. The minimum atomic E-state index is -0.309. The summed E-state index contributed by atoms with van der Waals surface area (Å²) in [4.78, 5) is 15.2. The van der Waals surface area contributed by atoms with E-state index in [0.29, 0.717) is 12.3 Å². The largest absolute Gasteiger partial charge is 0.445 e. The predicted molar refractivity (Wildman–Crippen MR) is 124 cm³/mol. The highest BCUT2D eigenvalue weighted by Gasteiger charge is 2.42. The van der Waals surface area contributed by atoms with Crippen LogP contribution in [0.2, 0.25) is 0 Å². The van der Waals surface area contributed by atoms with Gasteiger partial charge in [-0.05, 0) is 84.0 Å². The zero-order chi connectivity index (χ0) is 22.5. The van der Waals surface area contributed by atoms with Crippen LogP contribution in [0.3, 0.4) is 0 Å². The average Bonchev–Trinajstić information content (AvgIpc) is 3.03. The molecule has 4 nitrogen and oxygen atoms in total. The number of benzene rings is 2. The van der Waals surface area contributed by atoms with Gasteiger partial charge in [0.15, 0.2) is 0 Å². The summed E-state index contributed by atoms with van der Waals surface area (Å²) in [7, 11) is 0. The zero-order valence-electron chi connectivity index (χ0n) is 19.3. The van der Waals surface area contributed by atoms with Crippen LogP contribution >= 0.6 is 0 Å². The van der Waals surface area contributed by atoms with Gasteiger partial charge in [-0.3, -0.25) is 4.90 Å². The zero-order valence-corrected chi connectivity index (χ0v) is 19.3. The molecule has 0 radical (unpaired) electrons. The number of aryl methyl sites for hydroxylation is 1. The van der Waals surface area contributed by atoms with Crippen molar-refractivity contribution in [1.29, 1.82) is 0 Å². The van der Waals surface area contributed by atoms with E-state index in [2.05, 4.69) is 36.2 Å². The van der Waals surface area contributed by atoms with Crippen molar-refractivity contribution in [2.45, 2.75) is 58.6 Å². The van der Waals surface area contributed by atoms with Crippen LogP contribution in [0.25, 0.3) is 11.1 Å². The molecule has 3 saturated heterocycles. The summed E-state index contributed by atoms with van der Waals surface area (Å²) >= 11 is 0. The van der Waals surface area contributed by atoms with E-state index in [-0.39, 0.29) is 29.5 Å². The van der Waals surface area contributed by atoms with Crippen LogP contribution in [0.15, 0.2) is 36.4 Å². The van der Waals surface area contributed by atoms with E-state index in [4.69, 9.17) is 4.74 Å². The third kappa shape index (κ3) is 3.92. The van der Waals surface area contributed by atoms with E-state index in [1.807, 2.05) is 25.1 Å². The van der Waals surface area contributed by atoms with Gasteiger partial charge in [-0.15, -0.1) is 0 Å². The van der Waals surface area contributed by atoms with Crippen molar-refractivity contribution in [2.24, 2.45) is 11.3 Å². The summed E-state index contributed by atoms with van der Waals surface area (Å²) in [6.45, 7) is 9.44. The molecule has 2 atom stereocenters. The number of alkyl carbamates (subject to hydrolysis) is 1. The van der Waals surface area contributed by atoms with Crippen molar-refractivity contribution in [1.82, 2.24) is 10.2 Å². The van der Waals surface area contributed by atoms with E-state index >= 15 is 0 Å². The van der Waals surface area contributed by atoms with Crippen molar-refractivity contribution in [3.05, 3.63) is 58.9 Å². The van der Waals surface area contributed by atoms with Crippen LogP contribution in [-0.2, 0) is 17.6 Å². The molecule has 3 aliphatic heterocycles. The summed E-state index contributed by atoms with van der Waals surface area (Å²) in [5.74, 6) is 0.345. The van der Waals surface area contributed by atoms with E-state index in [1.165, 1.54) is 5.56 Å². The molecular formula is C27H33FN2O2. The van der Waals surface area contributed by atoms with E-state index in [0.717, 1.165) is 61.2 Å². The maximum atomic E-state index is 14.3. The molecule has 5 heteroatoms. The first-order chi connectivity index (χ1) is 15.3. The summed E-state index contributed by atoms with van der Waals surface area (Å²) in [6.07, 6.45) is 3.49. The number of fused-ring (bicyclic) bond motifs is 4. The van der Waals surface area contributed by atoms with Gasteiger partial charge in [0, 0.05) is 6.54 Å². The molecule has 2 aromatic carbocycles. The Morgan fingerprint density at radius 1 is 1.16 bits per heavy atom. The van der Waals surface area contributed by atoms with Gasteiger partial charge in [-0.2, -0.15) is 0 Å². The number of piperidine rings is 3. The first-order valence-corrected chi connectivity index (χ1v) is 11.9. The minimum absolute atomic E-state index is 0.00449. The number of hydrogen-bond acceptors (Lipinski definition) is 3. The fourth-order valence-electron chi connectivity index (χ4n) is 5.85. The van der Waals surface area contributed by atoms with Crippen LogP contribution in [0.5, 0.6) is 0 Å². The molecule has 6 rings (SSSR count). The maximum Gasteiger partial charge on any atom is 0.407 e. The third-order valence-corrected chi connectivity index (χ3v) is 7.77. The van der Waals surface area contributed by atoms with Gasteiger partial charge in [-0.1, -0.05) is 51.1 Å². The Labute approximate surface area is 190 Å². The second-order valence-corrected chi connectivity index (χ2v) is 10.4. The Morgan fingerprint density at radius 3 is 2.53 bits per heavy atom. The van der Waals surface area contributed by atoms with Gasteiger partial charge in [-0.25, -0.2) is 9.18 Å². The van der Waals surface area contributed by atoms with Crippen molar-refractivity contribution < 1.29 is 13.9 Å². The molecule has 32 heavy (non-hydrogen) atoms. The molecule has 0 aromatic heterocycles. The summed E-state index contributed by atoms with van der Waals surface area (Å²) in [5.41, 5.74) is 4.86. The molecule has 1 aliphatic carbocycles. The SMILES string of the molecule is CCc1ccc(-c2ccc3c(c2)CC(C)(C)[C@H]3NC(=O)O[C@H]2CN3CCC2CC3)cc1F. The third-order valence-electron chi connectivity index (χ3n) is 7.77. The fourth-order valence-corrected chi connectivity index (χ4v) is 5.85. The molecule has 1 amide bonds. The van der Waals surface area contributed by atoms with Gasteiger partial charge >= 0.3 is 6.09 Å². The topological polar surface area (TPSA) is 41.6 Å². The number of ether oxygens (including phenoxy) is 1. The molecule has 3 fully saturated rings. The maximum absolute atomic E-state index is 14.3. The average molecular weight is 437 g/mol. The summed E-state index contributed by atoms with van der Waals surface area (Å²) in [6, 6.07) is 11.7. The van der Waals surface area contributed by atoms with Crippen LogP contribution < -0.4 is 5.32 Å². The highest BCUT2D eigenvalue weighted by atomic mass is 19.1. The molecule has 0 unspecified atom stereocenters. The number of halogens is 1. The Kier molecular flexibility index (Phi) is 5.48. The van der Waals surface area contributed by atoms with Gasteiger partial charge in [0.2, 0.25) is 0 Å². The second-order valence-electron chi connectivity index (χ2n) is 10.4. The monoisotopic (exact) mass is 436 g/mol. The number of nitrogens with zero attached hydrogens (tertiary/aromatic N) is 1. The smallest absolute Gasteiger partial charge is 0.407 e. The molecule has 2 aromatic rings. The molecule has 2 bridgehead atoms. The molecule has 0 saturated carbocycles. The molecule has 170 valence electrons. The van der Waals surface area contributed by atoms with Crippen LogP contribution in [0.1, 0.15) is 56.3 Å². The van der Waals surface area contributed by atoms with Crippen molar-refractivity contribution in [2.75, 3.05) is 19.6 Å². The van der Waals surface area contributed by atoms with Gasteiger partial charge < -0.3 is 10.1 Å². The van der Waals surface area contributed by atoms with Crippen LogP contribution in [-0.4, -0.2) is 36.7 Å². The van der Waals surface area contributed by atoms with E-state index in [1.54, 1.807) is 6.07 Å². The molecule has 1 N–H and O–H groups in total. The lowest BCUT2D eigenvalue weighted by Crippen LogP contribution is -2.53. The number of carbonyl (C=O) groups excluding carboxylic acids is 1.